The van der Waals surface area contributed by atoms with Gasteiger partial charge in [-0.2, -0.15) is 13.2 Å². The van der Waals surface area contributed by atoms with Crippen LogP contribution in [0.1, 0.15) is 27.2 Å². The van der Waals surface area contributed by atoms with E-state index in [1.165, 1.54) is 18.4 Å². The number of hydrogen-bond acceptors (Lipinski definition) is 3. The first-order chi connectivity index (χ1) is 11.7. The van der Waals surface area contributed by atoms with Crippen LogP contribution in [0.25, 0.3) is 6.08 Å². The van der Waals surface area contributed by atoms with E-state index in [2.05, 4.69) is 10.9 Å². The standard InChI is InChI=1S/C16H12ClF3N2O3/c1-9-11(6-7-25-9)15(24)22-21-14(23)5-3-10-2-4-13(17)12(8-10)16(18,19)20/h2-8H,1H3,(H,21,23)(H,22,24)/b5-3+. The highest BCUT2D eigenvalue weighted by molar-refractivity contribution is 6.31. The Bertz CT molecular complexity index is 828. The molecule has 0 aliphatic heterocycles. The molecule has 0 aliphatic carbocycles. The number of nitrogens with one attached hydrogen (secondary N) is 2. The van der Waals surface area contributed by atoms with Gasteiger partial charge in [-0.15, -0.1) is 0 Å². The van der Waals surface area contributed by atoms with Crippen molar-refractivity contribution < 1.29 is 27.2 Å². The summed E-state index contributed by atoms with van der Waals surface area (Å²) in [5.41, 5.74) is 3.64. The lowest BCUT2D eigenvalue weighted by Gasteiger charge is -2.09. The summed E-state index contributed by atoms with van der Waals surface area (Å²) in [6.45, 7) is 1.58. The maximum atomic E-state index is 12.8. The van der Waals surface area contributed by atoms with E-state index in [1.54, 1.807) is 6.92 Å². The first kappa shape index (κ1) is 18.6. The number of halogens is 4. The van der Waals surface area contributed by atoms with Crippen LogP contribution in [0.15, 0.2) is 41.0 Å². The van der Waals surface area contributed by atoms with Crippen LogP contribution in [0.4, 0.5) is 13.2 Å². The van der Waals surface area contributed by atoms with Crippen LogP contribution in [-0.4, -0.2) is 11.8 Å². The van der Waals surface area contributed by atoms with Gasteiger partial charge in [0.15, 0.2) is 0 Å². The summed E-state index contributed by atoms with van der Waals surface area (Å²) in [5, 5.41) is -0.433. The summed E-state index contributed by atoms with van der Waals surface area (Å²) in [7, 11) is 0. The zero-order valence-corrected chi connectivity index (χ0v) is 13.5. The SMILES string of the molecule is Cc1occc1C(=O)NNC(=O)/C=C/c1ccc(Cl)c(C(F)(F)F)c1. The normalized spacial score (nSPS) is 11.6. The summed E-state index contributed by atoms with van der Waals surface area (Å²) in [5.74, 6) is -0.931. The van der Waals surface area contributed by atoms with Crippen LogP contribution < -0.4 is 10.9 Å². The van der Waals surface area contributed by atoms with Crippen LogP contribution in [-0.2, 0) is 11.0 Å². The molecular formula is C16H12ClF3N2O3. The highest BCUT2D eigenvalue weighted by Gasteiger charge is 2.33. The van der Waals surface area contributed by atoms with Crippen molar-refractivity contribution in [2.45, 2.75) is 13.1 Å². The molecule has 2 aromatic rings. The Morgan fingerprint density at radius 1 is 1.20 bits per heavy atom. The predicted octanol–water partition coefficient (Wildman–Crippen LogP) is 3.73. The van der Waals surface area contributed by atoms with Gasteiger partial charge in [0.05, 0.1) is 22.4 Å². The lowest BCUT2D eigenvalue weighted by atomic mass is 10.1. The van der Waals surface area contributed by atoms with Gasteiger partial charge in [-0.25, -0.2) is 0 Å². The fourth-order valence-electron chi connectivity index (χ4n) is 1.88. The van der Waals surface area contributed by atoms with E-state index in [9.17, 15) is 22.8 Å². The number of furan rings is 1. The molecule has 2 N–H and O–H groups in total. The molecule has 0 radical (unpaired) electrons. The summed E-state index contributed by atoms with van der Waals surface area (Å²) < 4.78 is 43.2. The molecule has 2 amide bonds. The molecule has 1 aromatic carbocycles. The van der Waals surface area contributed by atoms with Gasteiger partial charge in [0, 0.05) is 6.08 Å². The topological polar surface area (TPSA) is 71.3 Å². The molecule has 1 heterocycles. The Balaban J connectivity index is 1.99. The average molecular weight is 373 g/mol. The van der Waals surface area contributed by atoms with Crippen molar-refractivity contribution >= 4 is 29.5 Å². The van der Waals surface area contributed by atoms with Gasteiger partial charge < -0.3 is 4.42 Å². The van der Waals surface area contributed by atoms with E-state index >= 15 is 0 Å². The quantitative estimate of drug-likeness (QED) is 0.637. The van der Waals surface area contributed by atoms with Crippen LogP contribution >= 0.6 is 11.6 Å². The van der Waals surface area contributed by atoms with Crippen molar-refractivity contribution in [2.75, 3.05) is 0 Å². The Morgan fingerprint density at radius 3 is 2.52 bits per heavy atom. The molecule has 9 heteroatoms. The van der Waals surface area contributed by atoms with E-state index < -0.39 is 28.6 Å². The average Bonchev–Trinajstić information content (AvgIpc) is 2.96. The molecule has 1 aromatic heterocycles. The minimum absolute atomic E-state index is 0.129. The molecule has 0 unspecified atom stereocenters. The van der Waals surface area contributed by atoms with Gasteiger partial charge >= 0.3 is 6.18 Å². The Hall–Kier alpha value is -2.74. The Labute approximate surface area is 145 Å². The second-order valence-corrected chi connectivity index (χ2v) is 5.31. The van der Waals surface area contributed by atoms with E-state index in [-0.39, 0.29) is 11.1 Å². The van der Waals surface area contributed by atoms with E-state index in [4.69, 9.17) is 16.0 Å². The van der Waals surface area contributed by atoms with E-state index in [0.717, 1.165) is 24.3 Å². The van der Waals surface area contributed by atoms with Crippen molar-refractivity contribution in [1.82, 2.24) is 10.9 Å². The second kappa shape index (κ2) is 7.43. The molecule has 25 heavy (non-hydrogen) atoms. The largest absolute Gasteiger partial charge is 0.469 e. The third kappa shape index (κ3) is 4.87. The third-order valence-corrected chi connectivity index (χ3v) is 3.46. The molecule has 0 atom stereocenters. The molecule has 0 spiro atoms. The first-order valence-electron chi connectivity index (χ1n) is 6.87. The number of amides is 2. The van der Waals surface area contributed by atoms with Gasteiger partial charge in [0.2, 0.25) is 0 Å². The predicted molar refractivity (Wildman–Crippen MR) is 84.5 cm³/mol. The van der Waals surface area contributed by atoms with Crippen molar-refractivity contribution in [3.05, 3.63) is 64.1 Å². The number of aryl methyl sites for hydroxylation is 1. The lowest BCUT2D eigenvalue weighted by molar-refractivity contribution is -0.137. The molecule has 0 saturated heterocycles. The second-order valence-electron chi connectivity index (χ2n) is 4.90. The number of benzene rings is 1. The summed E-state index contributed by atoms with van der Waals surface area (Å²) in [4.78, 5) is 23.4. The summed E-state index contributed by atoms with van der Waals surface area (Å²) in [6.07, 6.45) is -1.13. The Kier molecular flexibility index (Phi) is 5.53. The zero-order chi connectivity index (χ0) is 18.6. The van der Waals surface area contributed by atoms with Gasteiger partial charge in [-0.05, 0) is 36.8 Å². The highest BCUT2D eigenvalue weighted by atomic mass is 35.5. The van der Waals surface area contributed by atoms with Crippen molar-refractivity contribution in [3.63, 3.8) is 0 Å². The molecule has 0 fully saturated rings. The van der Waals surface area contributed by atoms with Crippen molar-refractivity contribution in [2.24, 2.45) is 0 Å². The molecule has 2 rings (SSSR count). The van der Waals surface area contributed by atoms with Crippen molar-refractivity contribution in [1.29, 1.82) is 0 Å². The van der Waals surface area contributed by atoms with E-state index in [0.29, 0.717) is 5.76 Å². The smallest absolute Gasteiger partial charge is 0.417 e. The number of carbonyl (C=O) groups is 2. The van der Waals surface area contributed by atoms with Crippen LogP contribution in [0.2, 0.25) is 5.02 Å². The minimum atomic E-state index is -4.60. The minimum Gasteiger partial charge on any atom is -0.469 e. The summed E-state index contributed by atoms with van der Waals surface area (Å²) in [6, 6.07) is 4.67. The number of carbonyl (C=O) groups excluding carboxylic acids is 2. The Morgan fingerprint density at radius 2 is 1.92 bits per heavy atom. The van der Waals surface area contributed by atoms with Crippen LogP contribution in [0.5, 0.6) is 0 Å². The molecule has 0 bridgehead atoms. The molecular weight excluding hydrogens is 361 g/mol. The van der Waals surface area contributed by atoms with Crippen LogP contribution in [0, 0.1) is 6.92 Å². The van der Waals surface area contributed by atoms with Gasteiger partial charge in [-0.3, -0.25) is 20.4 Å². The van der Waals surface area contributed by atoms with Gasteiger partial charge in [0.25, 0.3) is 11.8 Å². The maximum absolute atomic E-state index is 12.8. The highest BCUT2D eigenvalue weighted by Crippen LogP contribution is 2.35. The molecule has 132 valence electrons. The third-order valence-electron chi connectivity index (χ3n) is 3.13. The van der Waals surface area contributed by atoms with Crippen LogP contribution in [0.3, 0.4) is 0 Å². The fourth-order valence-corrected chi connectivity index (χ4v) is 2.11. The molecule has 0 saturated carbocycles. The molecule has 0 aliphatic rings. The monoisotopic (exact) mass is 372 g/mol. The number of hydrazine groups is 1. The number of hydrogen-bond donors (Lipinski definition) is 2. The van der Waals surface area contributed by atoms with Gasteiger partial charge in [-0.1, -0.05) is 17.7 Å². The van der Waals surface area contributed by atoms with Crippen molar-refractivity contribution in [3.8, 4) is 0 Å². The number of alkyl halides is 3. The number of rotatable bonds is 3. The first-order valence-corrected chi connectivity index (χ1v) is 7.25. The maximum Gasteiger partial charge on any atom is 0.417 e. The fraction of sp³-hybridized carbons (Fsp3) is 0.125. The summed E-state index contributed by atoms with van der Waals surface area (Å²) >= 11 is 5.51. The lowest BCUT2D eigenvalue weighted by Crippen LogP contribution is -2.40. The van der Waals surface area contributed by atoms with Gasteiger partial charge in [0.1, 0.15) is 5.76 Å². The molecule has 5 nitrogen and oxygen atoms in total. The zero-order valence-electron chi connectivity index (χ0n) is 12.8. The van der Waals surface area contributed by atoms with E-state index in [1.807, 2.05) is 0 Å².